The summed E-state index contributed by atoms with van der Waals surface area (Å²) >= 11 is -0.253. The Labute approximate surface area is 287 Å². The van der Waals surface area contributed by atoms with Gasteiger partial charge >= 0.3 is 289 Å². The van der Waals surface area contributed by atoms with Crippen LogP contribution in [0.25, 0.3) is 0 Å². The van der Waals surface area contributed by atoms with Gasteiger partial charge < -0.3 is 0 Å². The van der Waals surface area contributed by atoms with E-state index in [0.717, 1.165) is 46.0 Å². The van der Waals surface area contributed by atoms with Crippen molar-refractivity contribution in [3.8, 4) is 11.5 Å². The minimum atomic E-state index is -0.253. The van der Waals surface area contributed by atoms with Crippen LogP contribution in [-0.2, 0) is 48.6 Å². The molecule has 0 bridgehead atoms. The molecule has 2 aliphatic rings. The van der Waals surface area contributed by atoms with Crippen molar-refractivity contribution in [3.05, 3.63) is 57.6 Å². The first-order valence-corrected chi connectivity index (χ1v) is 24.4. The third kappa shape index (κ3) is 8.37. The van der Waals surface area contributed by atoms with Crippen molar-refractivity contribution in [2.45, 2.75) is 178 Å². The van der Waals surface area contributed by atoms with E-state index in [2.05, 4.69) is 107 Å². The molecule has 0 spiro atoms. The molecule has 1 aliphatic heterocycles. The summed E-state index contributed by atoms with van der Waals surface area (Å²) in [5, 5.41) is 25.3. The summed E-state index contributed by atoms with van der Waals surface area (Å²) in [5.74, 6) is 3.25. The van der Waals surface area contributed by atoms with Crippen LogP contribution in [0.4, 0.5) is 0 Å². The average Bonchev–Trinajstić information content (AvgIpc) is 3.23. The van der Waals surface area contributed by atoms with E-state index < -0.39 is 0 Å². The Bertz CT molecular complexity index is 1360. The van der Waals surface area contributed by atoms with E-state index in [-0.39, 0.29) is 37.1 Å². The molecule has 3 unspecified atom stereocenters. The van der Waals surface area contributed by atoms with Crippen LogP contribution in [0, 0.1) is 0 Å². The van der Waals surface area contributed by atoms with E-state index in [1.54, 1.807) is 0 Å². The Hall–Kier alpha value is -0.546. The van der Waals surface area contributed by atoms with Crippen LogP contribution in [0.3, 0.4) is 0 Å². The van der Waals surface area contributed by atoms with E-state index in [1.165, 1.54) is 60.8 Å². The molecule has 0 radical (unpaired) electrons. The molecular formula is C40H64O2S2Ti. The van der Waals surface area contributed by atoms with Gasteiger partial charge in [-0.3, -0.25) is 0 Å². The zero-order valence-corrected chi connectivity index (χ0v) is 33.9. The molecule has 252 valence electrons. The second-order valence-electron chi connectivity index (χ2n) is 17.3. The third-order valence-electron chi connectivity index (χ3n) is 11.0. The molecule has 2 N–H and O–H groups in total. The van der Waals surface area contributed by atoms with Crippen molar-refractivity contribution in [1.29, 1.82) is 0 Å². The standard InChI is InChI=1S/C40H64O2S2.Ti/c1-13-39(9,10)31-23-29(37(3,4)5)21-27(35(31)41)25-43-33-19-17-15-16-18-20-34(33)44-26-28-22-30(38(6,7)8)24-32(36(28)42)40(11,12)14-2;/h21-24,33-34,41-42H,13-20,25-26H2,1-12H3;/t33-,34?;/m0./s1. The maximum atomic E-state index is 11.9. The van der Waals surface area contributed by atoms with Gasteiger partial charge in [0.15, 0.2) is 0 Å². The molecule has 45 heavy (non-hydrogen) atoms. The van der Waals surface area contributed by atoms with Crippen LogP contribution in [0.5, 0.6) is 11.5 Å². The Morgan fingerprint density at radius 1 is 0.600 bits per heavy atom. The number of phenols is 2. The van der Waals surface area contributed by atoms with Crippen molar-refractivity contribution in [2.24, 2.45) is 0 Å². The van der Waals surface area contributed by atoms with Crippen LogP contribution < -0.4 is 0 Å². The summed E-state index contributed by atoms with van der Waals surface area (Å²) in [6, 6.07) is 9.35. The molecule has 2 nitrogen and oxygen atoms in total. The van der Waals surface area contributed by atoms with Crippen LogP contribution in [0.15, 0.2) is 24.3 Å². The van der Waals surface area contributed by atoms with Gasteiger partial charge in [-0.25, -0.2) is 0 Å². The van der Waals surface area contributed by atoms with Crippen molar-refractivity contribution >= 4 is 15.9 Å². The summed E-state index contributed by atoms with van der Waals surface area (Å²) in [7, 11) is 0.686. The van der Waals surface area contributed by atoms with Gasteiger partial charge in [0, 0.05) is 0 Å². The second-order valence-corrected chi connectivity index (χ2v) is 28.8. The van der Waals surface area contributed by atoms with Crippen LogP contribution >= 0.6 is 15.9 Å². The molecule has 2 aromatic rings. The van der Waals surface area contributed by atoms with Gasteiger partial charge in [0.2, 0.25) is 0 Å². The first kappa shape index (κ1) is 37.3. The summed E-state index contributed by atoms with van der Waals surface area (Å²) in [5.41, 5.74) is 7.39. The summed E-state index contributed by atoms with van der Waals surface area (Å²) in [4.78, 5) is 0. The molecule has 0 aromatic heterocycles. The van der Waals surface area contributed by atoms with E-state index in [4.69, 9.17) is 0 Å². The molecule has 0 saturated heterocycles. The number of benzene rings is 2. The van der Waals surface area contributed by atoms with Gasteiger partial charge in [-0.15, -0.1) is 0 Å². The topological polar surface area (TPSA) is 40.5 Å². The Kier molecular flexibility index (Phi) is 11.7. The van der Waals surface area contributed by atoms with Gasteiger partial charge in [0.25, 0.3) is 0 Å². The van der Waals surface area contributed by atoms with E-state index in [9.17, 15) is 10.2 Å². The molecule has 0 amide bonds. The van der Waals surface area contributed by atoms with Gasteiger partial charge in [-0.05, 0) is 0 Å². The molecule has 1 saturated carbocycles. The Morgan fingerprint density at radius 2 is 0.956 bits per heavy atom. The number of phenolic OH excluding ortho intramolecular Hbond substituents is 2. The van der Waals surface area contributed by atoms with E-state index in [0.29, 0.717) is 27.4 Å². The van der Waals surface area contributed by atoms with Crippen molar-refractivity contribution in [1.82, 2.24) is 0 Å². The molecule has 5 heteroatoms. The predicted molar refractivity (Wildman–Crippen MR) is 198 cm³/mol. The fraction of sp³-hybridized carbons (Fsp3) is 0.700. The molecule has 4 atom stereocenters. The predicted octanol–water partition coefficient (Wildman–Crippen LogP) is 12.3. The first-order valence-electron chi connectivity index (χ1n) is 17.7. The second kappa shape index (κ2) is 14.1. The monoisotopic (exact) mass is 688 g/mol. The molecule has 1 aliphatic carbocycles. The fourth-order valence-electron chi connectivity index (χ4n) is 6.82. The fourth-order valence-corrected chi connectivity index (χ4v) is 27.7. The average molecular weight is 689 g/mol. The number of aromatic hydroxyl groups is 2. The number of fused-ring (bicyclic) bond motifs is 1. The Balaban J connectivity index is 1.87. The zero-order chi connectivity index (χ0) is 33.5. The van der Waals surface area contributed by atoms with Crippen molar-refractivity contribution < 1.29 is 25.7 Å². The van der Waals surface area contributed by atoms with Crippen LogP contribution in [0.2, 0.25) is 0 Å². The normalized spacial score (nSPS) is 23.1. The maximum absolute atomic E-state index is 11.9. The quantitative estimate of drug-likeness (QED) is 0.271. The summed E-state index contributed by atoms with van der Waals surface area (Å²) < 4.78 is 0. The molecule has 1 fully saturated rings. The third-order valence-corrected chi connectivity index (χ3v) is 27.0. The Morgan fingerprint density at radius 3 is 1.27 bits per heavy atom. The van der Waals surface area contributed by atoms with Gasteiger partial charge in [-0.2, -0.15) is 0 Å². The minimum absolute atomic E-state index is 0.0444. The molecular weight excluding hydrogens is 624 g/mol. The van der Waals surface area contributed by atoms with E-state index >= 15 is 0 Å². The first-order chi connectivity index (χ1) is 20.8. The summed E-state index contributed by atoms with van der Waals surface area (Å²) in [6.45, 7) is 27.5. The summed E-state index contributed by atoms with van der Waals surface area (Å²) in [6.07, 6.45) is 10.2. The number of hydrogen-bond acceptors (Lipinski definition) is 2. The molecule has 1 heterocycles. The van der Waals surface area contributed by atoms with Crippen molar-refractivity contribution in [2.75, 3.05) is 0 Å². The SMILES string of the molecule is CCC(C)(C)c1cc(C(C)(C)C)cc(C[S]2=[Ti]=[S](Cc3cc(C(C)(C)C)cc(C(C)(C)CC)c3O)[C@H]3CCCCCCC32)c1O. The molecule has 2 aromatic carbocycles. The zero-order valence-electron chi connectivity index (χ0n) is 30.7. The van der Waals surface area contributed by atoms with Gasteiger partial charge in [0.1, 0.15) is 0 Å². The van der Waals surface area contributed by atoms with Crippen LogP contribution in [-0.4, -0.2) is 20.7 Å². The van der Waals surface area contributed by atoms with Crippen molar-refractivity contribution in [3.63, 3.8) is 0 Å². The van der Waals surface area contributed by atoms with E-state index in [1.807, 2.05) is 0 Å². The number of rotatable bonds is 8. The number of hydrogen-bond donors (Lipinski definition) is 2. The van der Waals surface area contributed by atoms with Crippen LogP contribution in [0.1, 0.15) is 168 Å². The van der Waals surface area contributed by atoms with Gasteiger partial charge in [0.05, 0.1) is 0 Å². The van der Waals surface area contributed by atoms with Gasteiger partial charge in [-0.1, -0.05) is 0 Å². The molecule has 4 rings (SSSR count).